The highest BCUT2D eigenvalue weighted by molar-refractivity contribution is 5.79. The van der Waals surface area contributed by atoms with Gasteiger partial charge >= 0.3 is 0 Å². The van der Waals surface area contributed by atoms with Crippen LogP contribution < -0.4 is 15.5 Å². The van der Waals surface area contributed by atoms with Crippen molar-refractivity contribution in [2.45, 2.75) is 32.7 Å². The van der Waals surface area contributed by atoms with Gasteiger partial charge < -0.3 is 20.3 Å². The lowest BCUT2D eigenvalue weighted by atomic mass is 9.92. The highest BCUT2D eigenvalue weighted by Gasteiger charge is 2.27. The Labute approximate surface area is 193 Å². The quantitative estimate of drug-likeness (QED) is 0.405. The number of rotatable bonds is 10. The van der Waals surface area contributed by atoms with Crippen molar-refractivity contribution >= 4 is 11.9 Å². The first kappa shape index (κ1) is 24.7. The van der Waals surface area contributed by atoms with Crippen LogP contribution >= 0.6 is 0 Å². The molecule has 3 heterocycles. The Morgan fingerprint density at radius 2 is 1.72 bits per heavy atom. The van der Waals surface area contributed by atoms with Gasteiger partial charge in [-0.3, -0.25) is 14.8 Å². The van der Waals surface area contributed by atoms with E-state index in [1.807, 2.05) is 25.5 Å². The van der Waals surface area contributed by atoms with Crippen molar-refractivity contribution in [3.05, 3.63) is 18.5 Å². The molecule has 2 aliphatic rings. The van der Waals surface area contributed by atoms with E-state index in [-0.39, 0.29) is 0 Å². The standard InChI is InChI=1S/C23H42N8O/c1-4-20(5-2)21(30-15-17-32-18-16-30)19-28-22(24-3)25-9-10-29-11-13-31(14-12-29)23-26-7-6-8-27-23/h6-8,20-21H,4-5,9-19H2,1-3H3,(H2,24,25,28). The molecule has 1 atom stereocenters. The molecule has 2 saturated heterocycles. The molecule has 0 radical (unpaired) electrons. The van der Waals surface area contributed by atoms with Crippen molar-refractivity contribution in [3.8, 4) is 0 Å². The number of morpholine rings is 1. The molecule has 2 fully saturated rings. The Morgan fingerprint density at radius 3 is 2.34 bits per heavy atom. The van der Waals surface area contributed by atoms with E-state index in [0.29, 0.717) is 12.0 Å². The molecule has 0 amide bonds. The largest absolute Gasteiger partial charge is 0.379 e. The SMILES string of the molecule is CCC(CC)C(CNC(=NC)NCCN1CCN(c2ncccn2)CC1)N1CCOCC1. The maximum atomic E-state index is 5.57. The second kappa shape index (κ2) is 13.5. The molecule has 2 N–H and O–H groups in total. The fourth-order valence-corrected chi connectivity index (χ4v) is 4.72. The normalized spacial score (nSPS) is 19.9. The monoisotopic (exact) mass is 446 g/mol. The van der Waals surface area contributed by atoms with Gasteiger partial charge in [0, 0.05) is 84.4 Å². The van der Waals surface area contributed by atoms with Crippen molar-refractivity contribution in [2.75, 3.05) is 84.1 Å². The third-order valence-electron chi connectivity index (χ3n) is 6.74. The van der Waals surface area contributed by atoms with Gasteiger partial charge in [0.1, 0.15) is 0 Å². The van der Waals surface area contributed by atoms with E-state index >= 15 is 0 Å². The molecule has 0 aliphatic carbocycles. The van der Waals surface area contributed by atoms with Crippen LogP contribution in [0, 0.1) is 5.92 Å². The van der Waals surface area contributed by atoms with Gasteiger partial charge in [0.2, 0.25) is 5.95 Å². The van der Waals surface area contributed by atoms with Gasteiger partial charge in [-0.15, -0.1) is 0 Å². The number of anilines is 1. The van der Waals surface area contributed by atoms with Crippen molar-refractivity contribution in [1.29, 1.82) is 0 Å². The molecular formula is C23H42N8O. The van der Waals surface area contributed by atoms with E-state index in [2.05, 4.69) is 54.1 Å². The Bertz CT molecular complexity index is 655. The van der Waals surface area contributed by atoms with Crippen LogP contribution in [-0.2, 0) is 4.74 Å². The number of nitrogens with zero attached hydrogens (tertiary/aromatic N) is 6. The maximum absolute atomic E-state index is 5.57. The van der Waals surface area contributed by atoms with E-state index in [0.717, 1.165) is 84.0 Å². The first-order valence-electron chi connectivity index (χ1n) is 12.3. The molecule has 3 rings (SSSR count). The summed E-state index contributed by atoms with van der Waals surface area (Å²) in [5.41, 5.74) is 0. The number of piperazine rings is 1. The zero-order valence-electron chi connectivity index (χ0n) is 20.2. The minimum atomic E-state index is 0.515. The van der Waals surface area contributed by atoms with E-state index in [1.54, 1.807) is 0 Å². The third-order valence-corrected chi connectivity index (χ3v) is 6.74. The predicted molar refractivity (Wildman–Crippen MR) is 130 cm³/mol. The summed E-state index contributed by atoms with van der Waals surface area (Å²) in [5, 5.41) is 7.10. The Kier molecular flexibility index (Phi) is 10.4. The van der Waals surface area contributed by atoms with Crippen LogP contribution in [0.4, 0.5) is 5.95 Å². The number of hydrogen-bond acceptors (Lipinski definition) is 7. The second-order valence-electron chi connectivity index (χ2n) is 8.55. The van der Waals surface area contributed by atoms with Crippen LogP contribution in [0.5, 0.6) is 0 Å². The van der Waals surface area contributed by atoms with Gasteiger partial charge in [0.05, 0.1) is 13.2 Å². The molecule has 0 spiro atoms. The number of hydrogen-bond donors (Lipinski definition) is 2. The highest BCUT2D eigenvalue weighted by atomic mass is 16.5. The molecule has 9 heteroatoms. The molecule has 1 unspecified atom stereocenters. The van der Waals surface area contributed by atoms with Gasteiger partial charge in [-0.25, -0.2) is 9.97 Å². The van der Waals surface area contributed by atoms with Crippen molar-refractivity contribution in [1.82, 2.24) is 30.4 Å². The predicted octanol–water partition coefficient (Wildman–Crippen LogP) is 0.901. The average Bonchev–Trinajstić information content (AvgIpc) is 2.86. The van der Waals surface area contributed by atoms with Crippen molar-refractivity contribution < 1.29 is 4.74 Å². The number of aliphatic imine (C=N–C) groups is 1. The summed E-state index contributed by atoms with van der Waals surface area (Å²) in [7, 11) is 1.86. The summed E-state index contributed by atoms with van der Waals surface area (Å²) in [4.78, 5) is 20.5. The second-order valence-corrected chi connectivity index (χ2v) is 8.55. The van der Waals surface area contributed by atoms with E-state index in [4.69, 9.17) is 4.74 Å². The Morgan fingerprint density at radius 1 is 1.03 bits per heavy atom. The Hall–Kier alpha value is -1.97. The fourth-order valence-electron chi connectivity index (χ4n) is 4.72. The molecule has 2 aliphatic heterocycles. The lowest BCUT2D eigenvalue weighted by Gasteiger charge is -2.39. The summed E-state index contributed by atoms with van der Waals surface area (Å²) in [6.07, 6.45) is 6.02. The summed E-state index contributed by atoms with van der Waals surface area (Å²) < 4.78 is 5.57. The maximum Gasteiger partial charge on any atom is 0.225 e. The molecule has 180 valence electrons. The number of ether oxygens (including phenoxy) is 1. The van der Waals surface area contributed by atoms with Gasteiger partial charge in [-0.1, -0.05) is 26.7 Å². The Balaban J connectivity index is 1.39. The molecule has 0 bridgehead atoms. The van der Waals surface area contributed by atoms with Crippen LogP contribution in [0.2, 0.25) is 0 Å². The zero-order valence-corrected chi connectivity index (χ0v) is 20.2. The molecule has 9 nitrogen and oxygen atoms in total. The van der Waals surface area contributed by atoms with Gasteiger partial charge in [-0.05, 0) is 12.0 Å². The van der Waals surface area contributed by atoms with E-state index in [1.165, 1.54) is 12.8 Å². The molecule has 0 aromatic carbocycles. The topological polar surface area (TPSA) is 81.2 Å². The van der Waals surface area contributed by atoms with Crippen LogP contribution in [0.15, 0.2) is 23.5 Å². The van der Waals surface area contributed by atoms with Crippen LogP contribution in [-0.4, -0.2) is 111 Å². The highest BCUT2D eigenvalue weighted by Crippen LogP contribution is 2.19. The first-order valence-corrected chi connectivity index (χ1v) is 12.3. The summed E-state index contributed by atoms with van der Waals surface area (Å²) in [6.45, 7) is 15.1. The first-order chi connectivity index (χ1) is 15.7. The number of aromatic nitrogens is 2. The smallest absolute Gasteiger partial charge is 0.225 e. The summed E-state index contributed by atoms with van der Waals surface area (Å²) in [5.74, 6) is 2.41. The zero-order chi connectivity index (χ0) is 22.6. The van der Waals surface area contributed by atoms with Crippen LogP contribution in [0.25, 0.3) is 0 Å². The average molecular weight is 447 g/mol. The number of nitrogens with one attached hydrogen (secondary N) is 2. The minimum absolute atomic E-state index is 0.515. The van der Waals surface area contributed by atoms with Crippen molar-refractivity contribution in [2.24, 2.45) is 10.9 Å². The van der Waals surface area contributed by atoms with Crippen molar-refractivity contribution in [3.63, 3.8) is 0 Å². The summed E-state index contributed by atoms with van der Waals surface area (Å²) >= 11 is 0. The van der Waals surface area contributed by atoms with Gasteiger partial charge in [0.15, 0.2) is 5.96 Å². The lowest BCUT2D eigenvalue weighted by molar-refractivity contribution is 0.00272. The van der Waals surface area contributed by atoms with Crippen LogP contribution in [0.1, 0.15) is 26.7 Å². The number of guanidine groups is 1. The fraction of sp³-hybridized carbons (Fsp3) is 0.783. The molecule has 0 saturated carbocycles. The van der Waals surface area contributed by atoms with E-state index in [9.17, 15) is 0 Å². The van der Waals surface area contributed by atoms with Gasteiger partial charge in [0.25, 0.3) is 0 Å². The van der Waals surface area contributed by atoms with Gasteiger partial charge in [-0.2, -0.15) is 0 Å². The minimum Gasteiger partial charge on any atom is -0.379 e. The summed E-state index contributed by atoms with van der Waals surface area (Å²) in [6, 6.07) is 2.38. The molecule has 32 heavy (non-hydrogen) atoms. The van der Waals surface area contributed by atoms with E-state index < -0.39 is 0 Å². The molecule has 1 aromatic heterocycles. The lowest BCUT2D eigenvalue weighted by Crippen LogP contribution is -2.54. The molecule has 1 aromatic rings. The third kappa shape index (κ3) is 7.28. The van der Waals surface area contributed by atoms with Crippen LogP contribution in [0.3, 0.4) is 0 Å². The molecular weight excluding hydrogens is 404 g/mol.